The molecule has 1 aromatic carbocycles. The van der Waals surface area contributed by atoms with Gasteiger partial charge in [0.05, 0.1) is 0 Å². The Morgan fingerprint density at radius 2 is 2.00 bits per heavy atom. The first kappa shape index (κ1) is 14.3. The molecule has 1 heterocycles. The Morgan fingerprint density at radius 3 is 2.71 bits per heavy atom. The quantitative estimate of drug-likeness (QED) is 0.789. The molecule has 0 radical (unpaired) electrons. The van der Waals surface area contributed by atoms with Crippen LogP contribution >= 0.6 is 0 Å². The van der Waals surface area contributed by atoms with Crippen LogP contribution in [-0.2, 0) is 11.2 Å². The van der Waals surface area contributed by atoms with Crippen LogP contribution in [0.1, 0.15) is 12.0 Å². The number of aromatic hydroxyl groups is 1. The predicted molar refractivity (Wildman–Crippen MR) is 81.2 cm³/mol. The fraction of sp³-hybridized carbons (Fsp3) is 0.412. The van der Waals surface area contributed by atoms with Crippen molar-refractivity contribution in [3.63, 3.8) is 0 Å². The zero-order chi connectivity index (χ0) is 14.8. The molecular weight excluding hydrogens is 266 g/mol. The number of piperidine rings is 1. The number of rotatable bonds is 3. The van der Waals surface area contributed by atoms with Crippen LogP contribution in [0, 0.1) is 0 Å². The van der Waals surface area contributed by atoms with E-state index in [-0.39, 0.29) is 17.9 Å². The van der Waals surface area contributed by atoms with Crippen LogP contribution in [0.15, 0.2) is 47.6 Å². The smallest absolute Gasteiger partial charge is 0.115 e. The zero-order valence-corrected chi connectivity index (χ0v) is 12.1. The number of methoxy groups -OCH3 is 1. The molecule has 0 amide bonds. The fourth-order valence-electron chi connectivity index (χ4n) is 3.09. The molecule has 3 N–H and O–H groups in total. The van der Waals surface area contributed by atoms with Crippen LogP contribution in [-0.4, -0.2) is 42.1 Å². The number of phenolic OH excluding ortho intramolecular Hbond substituents is 1. The summed E-state index contributed by atoms with van der Waals surface area (Å²) in [6.07, 6.45) is 4.94. The van der Waals surface area contributed by atoms with Gasteiger partial charge in [0.2, 0.25) is 0 Å². The van der Waals surface area contributed by atoms with Gasteiger partial charge in [-0.05, 0) is 60.4 Å². The number of phenols is 1. The topological polar surface area (TPSA) is 61.7 Å². The van der Waals surface area contributed by atoms with Crippen molar-refractivity contribution in [2.75, 3.05) is 13.7 Å². The average Bonchev–Trinajstić information content (AvgIpc) is 2.49. The van der Waals surface area contributed by atoms with Crippen LogP contribution in [0.3, 0.4) is 0 Å². The Balaban J connectivity index is 1.80. The normalized spacial score (nSPS) is 28.6. The van der Waals surface area contributed by atoms with Crippen LogP contribution in [0.25, 0.3) is 0 Å². The molecule has 1 aromatic rings. The summed E-state index contributed by atoms with van der Waals surface area (Å²) >= 11 is 0. The van der Waals surface area contributed by atoms with Gasteiger partial charge in [-0.3, -0.25) is 0 Å². The van der Waals surface area contributed by atoms with Crippen molar-refractivity contribution in [3.8, 4) is 5.75 Å². The Labute approximate surface area is 124 Å². The van der Waals surface area contributed by atoms with E-state index < -0.39 is 6.10 Å². The fourth-order valence-corrected chi connectivity index (χ4v) is 3.09. The summed E-state index contributed by atoms with van der Waals surface area (Å²) in [6, 6.07) is 7.49. The second kappa shape index (κ2) is 6.02. The SMILES string of the molecule is COC1C=C2CCNC(Cc3ccc(O)cc3)C2=CC1O. The molecule has 112 valence electrons. The maximum absolute atomic E-state index is 10.1. The van der Waals surface area contributed by atoms with Crippen molar-refractivity contribution < 1.29 is 14.9 Å². The Morgan fingerprint density at radius 1 is 1.24 bits per heavy atom. The monoisotopic (exact) mass is 287 g/mol. The maximum Gasteiger partial charge on any atom is 0.115 e. The predicted octanol–water partition coefficient (Wildman–Crippen LogP) is 1.54. The number of ether oxygens (including phenoxy) is 1. The van der Waals surface area contributed by atoms with Crippen molar-refractivity contribution in [1.82, 2.24) is 5.32 Å². The van der Waals surface area contributed by atoms with E-state index >= 15 is 0 Å². The number of benzene rings is 1. The highest BCUT2D eigenvalue weighted by atomic mass is 16.5. The lowest BCUT2D eigenvalue weighted by Gasteiger charge is -2.34. The highest BCUT2D eigenvalue weighted by Gasteiger charge is 2.29. The van der Waals surface area contributed by atoms with E-state index in [9.17, 15) is 10.2 Å². The lowest BCUT2D eigenvalue weighted by atomic mass is 9.83. The standard InChI is InChI=1S/C17H21NO3/c1-21-17-9-12-6-7-18-15(14(12)10-16(17)20)8-11-2-4-13(19)5-3-11/h2-5,9-10,15-20H,6-8H2,1H3. The number of aliphatic hydroxyl groups excluding tert-OH is 1. The first-order valence-corrected chi connectivity index (χ1v) is 7.32. The molecule has 3 rings (SSSR count). The van der Waals surface area contributed by atoms with Crippen molar-refractivity contribution >= 4 is 0 Å². The van der Waals surface area contributed by atoms with Crippen molar-refractivity contribution in [1.29, 1.82) is 0 Å². The van der Waals surface area contributed by atoms with E-state index in [1.165, 1.54) is 11.1 Å². The minimum absolute atomic E-state index is 0.196. The van der Waals surface area contributed by atoms with Gasteiger partial charge in [0.25, 0.3) is 0 Å². The van der Waals surface area contributed by atoms with E-state index in [4.69, 9.17) is 4.74 Å². The van der Waals surface area contributed by atoms with Crippen molar-refractivity contribution in [3.05, 3.63) is 53.1 Å². The van der Waals surface area contributed by atoms with Crippen LogP contribution in [0.5, 0.6) is 5.75 Å². The third-order valence-corrected chi connectivity index (χ3v) is 4.23. The summed E-state index contributed by atoms with van der Waals surface area (Å²) in [6.45, 7) is 0.929. The summed E-state index contributed by atoms with van der Waals surface area (Å²) in [4.78, 5) is 0. The summed E-state index contributed by atoms with van der Waals surface area (Å²) in [7, 11) is 1.62. The second-order valence-corrected chi connectivity index (χ2v) is 5.63. The van der Waals surface area contributed by atoms with Gasteiger partial charge in [-0.1, -0.05) is 12.1 Å². The molecule has 0 aromatic heterocycles. The molecule has 1 saturated heterocycles. The number of aliphatic hydroxyl groups is 1. The van der Waals surface area contributed by atoms with Crippen LogP contribution in [0.4, 0.5) is 0 Å². The Hall–Kier alpha value is -1.62. The number of hydrogen-bond acceptors (Lipinski definition) is 4. The van der Waals surface area contributed by atoms with E-state index in [2.05, 4.69) is 5.32 Å². The largest absolute Gasteiger partial charge is 0.508 e. The van der Waals surface area contributed by atoms with Gasteiger partial charge in [0, 0.05) is 13.2 Å². The zero-order valence-electron chi connectivity index (χ0n) is 12.1. The molecule has 3 atom stereocenters. The molecule has 1 aliphatic heterocycles. The molecule has 0 spiro atoms. The lowest BCUT2D eigenvalue weighted by Crippen LogP contribution is -2.42. The molecule has 4 heteroatoms. The molecule has 4 nitrogen and oxygen atoms in total. The minimum atomic E-state index is -0.587. The second-order valence-electron chi connectivity index (χ2n) is 5.63. The van der Waals surface area contributed by atoms with Crippen LogP contribution in [0.2, 0.25) is 0 Å². The first-order chi connectivity index (χ1) is 10.2. The minimum Gasteiger partial charge on any atom is -0.508 e. The summed E-state index contributed by atoms with van der Waals surface area (Å²) in [5.74, 6) is 0.283. The van der Waals surface area contributed by atoms with Gasteiger partial charge in [0.15, 0.2) is 0 Å². The maximum atomic E-state index is 10.1. The number of fused-ring (bicyclic) bond motifs is 1. The lowest BCUT2D eigenvalue weighted by molar-refractivity contribution is 0.0396. The molecule has 0 bridgehead atoms. The van der Waals surface area contributed by atoms with E-state index in [1.54, 1.807) is 19.2 Å². The van der Waals surface area contributed by atoms with E-state index in [0.29, 0.717) is 0 Å². The van der Waals surface area contributed by atoms with Crippen molar-refractivity contribution in [2.24, 2.45) is 0 Å². The van der Waals surface area contributed by atoms with E-state index in [1.807, 2.05) is 24.3 Å². The summed E-state index contributed by atoms with van der Waals surface area (Å²) in [5, 5.41) is 23.0. The first-order valence-electron chi connectivity index (χ1n) is 7.32. The van der Waals surface area contributed by atoms with Gasteiger partial charge in [-0.25, -0.2) is 0 Å². The van der Waals surface area contributed by atoms with Gasteiger partial charge in [-0.15, -0.1) is 0 Å². The molecule has 0 saturated carbocycles. The Kier molecular flexibility index (Phi) is 4.10. The summed E-state index contributed by atoms with van der Waals surface area (Å²) in [5.41, 5.74) is 3.61. The third-order valence-electron chi connectivity index (χ3n) is 4.23. The van der Waals surface area contributed by atoms with E-state index in [0.717, 1.165) is 24.9 Å². The van der Waals surface area contributed by atoms with Gasteiger partial charge < -0.3 is 20.3 Å². The highest BCUT2D eigenvalue weighted by molar-refractivity contribution is 5.44. The molecule has 3 unspecified atom stereocenters. The Bertz CT molecular complexity index is 562. The average molecular weight is 287 g/mol. The van der Waals surface area contributed by atoms with Crippen LogP contribution < -0.4 is 5.32 Å². The van der Waals surface area contributed by atoms with Crippen molar-refractivity contribution in [2.45, 2.75) is 31.1 Å². The van der Waals surface area contributed by atoms with Gasteiger partial charge in [-0.2, -0.15) is 0 Å². The summed E-state index contributed by atoms with van der Waals surface area (Å²) < 4.78 is 5.30. The number of nitrogens with one attached hydrogen (secondary N) is 1. The molecule has 1 fully saturated rings. The van der Waals surface area contributed by atoms with Gasteiger partial charge in [0.1, 0.15) is 18.0 Å². The molecule has 21 heavy (non-hydrogen) atoms. The number of hydrogen-bond donors (Lipinski definition) is 3. The van der Waals surface area contributed by atoms with Gasteiger partial charge >= 0.3 is 0 Å². The molecular formula is C17H21NO3. The highest BCUT2D eigenvalue weighted by Crippen LogP contribution is 2.30. The third kappa shape index (κ3) is 3.02. The molecule has 1 aliphatic carbocycles. The molecule has 2 aliphatic rings.